The van der Waals surface area contributed by atoms with Gasteiger partial charge in [-0.05, 0) is 31.4 Å². The quantitative estimate of drug-likeness (QED) is 0.686. The van der Waals surface area contributed by atoms with Crippen molar-refractivity contribution in [1.82, 2.24) is 4.98 Å². The van der Waals surface area contributed by atoms with E-state index in [9.17, 15) is 9.18 Å². The normalized spacial score (nSPS) is 16.1. The van der Waals surface area contributed by atoms with Crippen molar-refractivity contribution in [3.8, 4) is 0 Å². The first-order chi connectivity index (χ1) is 6.83. The fourth-order valence-corrected chi connectivity index (χ4v) is 1.54. The molecule has 1 amide bonds. The fraction of sp³-hybridized carbons (Fsp3) is 0.400. The molecule has 0 saturated heterocycles. The highest BCUT2D eigenvalue weighted by Crippen LogP contribution is 2.28. The van der Waals surface area contributed by atoms with E-state index in [1.165, 1.54) is 23.2 Å². The second-order valence-electron chi connectivity index (χ2n) is 3.41. The molecule has 0 bridgehead atoms. The van der Waals surface area contributed by atoms with E-state index in [4.69, 9.17) is 0 Å². The van der Waals surface area contributed by atoms with Gasteiger partial charge in [0.05, 0.1) is 0 Å². The Balaban J connectivity index is 2.26. The van der Waals surface area contributed by atoms with Crippen molar-refractivity contribution in [3.63, 3.8) is 0 Å². The van der Waals surface area contributed by atoms with Crippen molar-refractivity contribution in [3.05, 3.63) is 24.1 Å². The fourth-order valence-electron chi connectivity index (χ4n) is 1.54. The van der Waals surface area contributed by atoms with Gasteiger partial charge in [-0.1, -0.05) is 0 Å². The first-order valence-electron chi connectivity index (χ1n) is 4.67. The third-order valence-electron chi connectivity index (χ3n) is 2.57. The summed E-state index contributed by atoms with van der Waals surface area (Å²) < 4.78 is 13.3. The second-order valence-corrected chi connectivity index (χ2v) is 3.41. The van der Waals surface area contributed by atoms with E-state index in [1.807, 2.05) is 0 Å². The van der Waals surface area contributed by atoms with Crippen LogP contribution in [-0.4, -0.2) is 17.4 Å². The molecule has 4 heteroatoms. The molecule has 0 N–H and O–H groups in total. The van der Waals surface area contributed by atoms with E-state index in [1.54, 1.807) is 0 Å². The molecule has 2 rings (SSSR count). The van der Waals surface area contributed by atoms with Crippen LogP contribution in [0.4, 0.5) is 10.2 Å². The zero-order chi connectivity index (χ0) is 9.97. The maximum Gasteiger partial charge on any atom is 0.215 e. The molecule has 1 aliphatic rings. The van der Waals surface area contributed by atoms with Crippen LogP contribution >= 0.6 is 0 Å². The summed E-state index contributed by atoms with van der Waals surface area (Å²) in [7, 11) is 0. The van der Waals surface area contributed by atoms with Crippen LogP contribution < -0.4 is 4.90 Å². The van der Waals surface area contributed by atoms with Crippen LogP contribution in [0.15, 0.2) is 18.3 Å². The Morgan fingerprint density at radius 3 is 2.86 bits per heavy atom. The number of halogens is 1. The van der Waals surface area contributed by atoms with Crippen molar-refractivity contribution in [1.29, 1.82) is 0 Å². The largest absolute Gasteiger partial charge is 0.294 e. The second kappa shape index (κ2) is 3.74. The minimum Gasteiger partial charge on any atom is -0.294 e. The lowest BCUT2D eigenvalue weighted by Crippen LogP contribution is -2.40. The van der Waals surface area contributed by atoms with Crippen molar-refractivity contribution < 1.29 is 9.18 Å². The number of pyridine rings is 1. The Morgan fingerprint density at radius 1 is 1.57 bits per heavy atom. The molecule has 0 aliphatic heterocycles. The van der Waals surface area contributed by atoms with Gasteiger partial charge in [-0.15, -0.1) is 0 Å². The van der Waals surface area contributed by atoms with E-state index >= 15 is 0 Å². The van der Waals surface area contributed by atoms with E-state index < -0.39 is 5.82 Å². The summed E-state index contributed by atoms with van der Waals surface area (Å²) in [4.78, 5) is 16.1. The average molecular weight is 194 g/mol. The van der Waals surface area contributed by atoms with Gasteiger partial charge in [-0.25, -0.2) is 9.37 Å². The number of nitrogens with zero attached hydrogens (tertiary/aromatic N) is 2. The Morgan fingerprint density at radius 2 is 2.36 bits per heavy atom. The zero-order valence-corrected chi connectivity index (χ0v) is 7.69. The SMILES string of the molecule is O=CN(c1ncccc1F)C1CCC1. The Kier molecular flexibility index (Phi) is 2.43. The highest BCUT2D eigenvalue weighted by Gasteiger charge is 2.27. The van der Waals surface area contributed by atoms with Gasteiger partial charge < -0.3 is 0 Å². The molecule has 14 heavy (non-hydrogen) atoms. The summed E-state index contributed by atoms with van der Waals surface area (Å²) in [5.74, 6) is -0.293. The van der Waals surface area contributed by atoms with E-state index in [-0.39, 0.29) is 11.9 Å². The molecule has 1 aliphatic carbocycles. The third kappa shape index (κ3) is 1.47. The molecule has 3 nitrogen and oxygen atoms in total. The highest BCUT2D eigenvalue weighted by molar-refractivity contribution is 5.74. The number of aromatic nitrogens is 1. The van der Waals surface area contributed by atoms with Gasteiger partial charge in [0.1, 0.15) is 0 Å². The molecular formula is C10H11FN2O. The molecule has 1 fully saturated rings. The monoisotopic (exact) mass is 194 g/mol. The predicted octanol–water partition coefficient (Wildman–Crippen LogP) is 1.74. The zero-order valence-electron chi connectivity index (χ0n) is 7.69. The number of anilines is 1. The van der Waals surface area contributed by atoms with Gasteiger partial charge in [-0.3, -0.25) is 9.69 Å². The van der Waals surface area contributed by atoms with Crippen molar-refractivity contribution in [2.75, 3.05) is 4.90 Å². The third-order valence-corrected chi connectivity index (χ3v) is 2.57. The molecule has 0 atom stereocenters. The maximum atomic E-state index is 13.3. The molecule has 0 aromatic carbocycles. The lowest BCUT2D eigenvalue weighted by atomic mass is 9.92. The number of amides is 1. The molecule has 0 radical (unpaired) electrons. The standard InChI is InChI=1S/C10H11FN2O/c11-9-5-2-6-12-10(9)13(7-14)8-3-1-4-8/h2,5-8H,1,3-4H2. The van der Waals surface area contributed by atoms with Crippen molar-refractivity contribution in [2.24, 2.45) is 0 Å². The number of hydrogen-bond acceptors (Lipinski definition) is 2. The van der Waals surface area contributed by atoms with E-state index in [2.05, 4.69) is 4.98 Å². The summed E-state index contributed by atoms with van der Waals surface area (Å²) in [6.45, 7) is 0. The Labute approximate surface area is 81.6 Å². The van der Waals surface area contributed by atoms with Crippen LogP contribution in [0.2, 0.25) is 0 Å². The van der Waals surface area contributed by atoms with Crippen molar-refractivity contribution >= 4 is 12.2 Å². The number of carbonyl (C=O) groups excluding carboxylic acids is 1. The first kappa shape index (κ1) is 9.12. The Hall–Kier alpha value is -1.45. The molecule has 0 unspecified atom stereocenters. The van der Waals surface area contributed by atoms with Crippen LogP contribution in [-0.2, 0) is 4.79 Å². The summed E-state index contributed by atoms with van der Waals surface area (Å²) in [5, 5.41) is 0. The van der Waals surface area contributed by atoms with E-state index in [0.717, 1.165) is 19.3 Å². The van der Waals surface area contributed by atoms with Gasteiger partial charge in [0.15, 0.2) is 11.6 Å². The van der Waals surface area contributed by atoms with Crippen LogP contribution in [0.25, 0.3) is 0 Å². The topological polar surface area (TPSA) is 33.2 Å². The molecule has 1 aromatic heterocycles. The highest BCUT2D eigenvalue weighted by atomic mass is 19.1. The summed E-state index contributed by atoms with van der Waals surface area (Å²) in [6.07, 6.45) is 5.13. The molecule has 1 aromatic rings. The summed E-state index contributed by atoms with van der Waals surface area (Å²) in [5.41, 5.74) is 0. The van der Waals surface area contributed by atoms with Crippen LogP contribution in [0.3, 0.4) is 0 Å². The lowest BCUT2D eigenvalue weighted by Gasteiger charge is -2.33. The average Bonchev–Trinajstić information content (AvgIpc) is 2.12. The van der Waals surface area contributed by atoms with Gasteiger partial charge in [0.2, 0.25) is 6.41 Å². The first-order valence-corrected chi connectivity index (χ1v) is 4.67. The van der Waals surface area contributed by atoms with Gasteiger partial charge in [0.25, 0.3) is 0 Å². The number of hydrogen-bond donors (Lipinski definition) is 0. The molecule has 74 valence electrons. The molecule has 1 saturated carbocycles. The van der Waals surface area contributed by atoms with E-state index in [0.29, 0.717) is 6.41 Å². The predicted molar refractivity (Wildman–Crippen MR) is 50.4 cm³/mol. The lowest BCUT2D eigenvalue weighted by molar-refractivity contribution is -0.108. The van der Waals surface area contributed by atoms with Gasteiger partial charge in [-0.2, -0.15) is 0 Å². The van der Waals surface area contributed by atoms with Gasteiger partial charge >= 0.3 is 0 Å². The van der Waals surface area contributed by atoms with Crippen LogP contribution in [0.5, 0.6) is 0 Å². The van der Waals surface area contributed by atoms with Crippen LogP contribution in [0, 0.1) is 5.82 Å². The Bertz CT molecular complexity index is 339. The number of rotatable bonds is 3. The smallest absolute Gasteiger partial charge is 0.215 e. The van der Waals surface area contributed by atoms with Gasteiger partial charge in [0, 0.05) is 12.2 Å². The summed E-state index contributed by atoms with van der Waals surface area (Å²) >= 11 is 0. The minimum atomic E-state index is -0.438. The molecule has 1 heterocycles. The maximum absolute atomic E-state index is 13.3. The summed E-state index contributed by atoms with van der Waals surface area (Å²) in [6, 6.07) is 2.97. The van der Waals surface area contributed by atoms with Crippen LogP contribution in [0.1, 0.15) is 19.3 Å². The minimum absolute atomic E-state index is 0.136. The van der Waals surface area contributed by atoms with Crippen molar-refractivity contribution in [2.45, 2.75) is 25.3 Å². The molecular weight excluding hydrogens is 183 g/mol. The molecule has 0 spiro atoms. The number of carbonyl (C=O) groups is 1.